The average molecular weight is 305 g/mol. The molecule has 0 aromatic heterocycles. The topological polar surface area (TPSA) is 76.0 Å². The molecule has 6 heteroatoms. The molecule has 1 rings (SSSR count). The summed E-state index contributed by atoms with van der Waals surface area (Å²) >= 11 is 3.29. The Morgan fingerprint density at radius 1 is 1.35 bits per heavy atom. The molecule has 94 valence electrons. The summed E-state index contributed by atoms with van der Waals surface area (Å²) in [4.78, 5) is 10.6. The van der Waals surface area contributed by atoms with Gasteiger partial charge in [0.05, 0.1) is 18.7 Å². The number of carbonyl (C=O) groups is 1. The smallest absolute Gasteiger partial charge is 0.332 e. The van der Waals surface area contributed by atoms with Gasteiger partial charge < -0.3 is 19.7 Å². The average Bonchev–Trinajstić information content (AvgIpc) is 2.30. The van der Waals surface area contributed by atoms with E-state index >= 15 is 0 Å². The van der Waals surface area contributed by atoms with E-state index in [1.165, 1.54) is 14.2 Å². The molecule has 1 aromatic rings. The quantitative estimate of drug-likeness (QED) is 0.861. The van der Waals surface area contributed by atoms with Crippen LogP contribution in [0.15, 0.2) is 16.6 Å². The second-order valence-corrected chi connectivity index (χ2v) is 4.21. The minimum absolute atomic E-state index is 0.0395. The van der Waals surface area contributed by atoms with Gasteiger partial charge in [-0.3, -0.25) is 0 Å². The predicted octanol–water partition coefficient (Wildman–Crippen LogP) is 1.45. The standard InChI is InChI=1S/C11H13BrO5/c1-16-9-5-7(12)10(17-2)4-6(9)3-8(13)11(14)15/h4-5,8,13H,3H2,1-2H3,(H,14,15). The van der Waals surface area contributed by atoms with E-state index in [1.807, 2.05) is 0 Å². The molecule has 5 nitrogen and oxygen atoms in total. The molecule has 17 heavy (non-hydrogen) atoms. The van der Waals surface area contributed by atoms with Crippen LogP contribution in [0.3, 0.4) is 0 Å². The maximum absolute atomic E-state index is 10.6. The minimum atomic E-state index is -1.46. The van der Waals surface area contributed by atoms with Gasteiger partial charge in [0.25, 0.3) is 0 Å². The zero-order valence-electron chi connectivity index (χ0n) is 9.44. The van der Waals surface area contributed by atoms with Gasteiger partial charge in [-0.1, -0.05) is 0 Å². The van der Waals surface area contributed by atoms with Crippen LogP contribution in [0.1, 0.15) is 5.56 Å². The minimum Gasteiger partial charge on any atom is -0.496 e. The van der Waals surface area contributed by atoms with E-state index in [4.69, 9.17) is 14.6 Å². The number of halogens is 1. The van der Waals surface area contributed by atoms with Crippen molar-refractivity contribution in [3.8, 4) is 11.5 Å². The fourth-order valence-electron chi connectivity index (χ4n) is 1.38. The summed E-state index contributed by atoms with van der Waals surface area (Å²) in [6.45, 7) is 0. The van der Waals surface area contributed by atoms with E-state index in [2.05, 4.69) is 15.9 Å². The van der Waals surface area contributed by atoms with Crippen LogP contribution in [-0.2, 0) is 11.2 Å². The Morgan fingerprint density at radius 2 is 1.94 bits per heavy atom. The molecule has 0 aliphatic rings. The van der Waals surface area contributed by atoms with Crippen molar-refractivity contribution in [1.82, 2.24) is 0 Å². The molecule has 0 saturated heterocycles. The van der Waals surface area contributed by atoms with Gasteiger partial charge in [-0.2, -0.15) is 0 Å². The zero-order chi connectivity index (χ0) is 13.0. The molecular formula is C11H13BrO5. The molecule has 0 spiro atoms. The Morgan fingerprint density at radius 3 is 2.41 bits per heavy atom. The van der Waals surface area contributed by atoms with E-state index < -0.39 is 12.1 Å². The molecule has 0 heterocycles. The largest absolute Gasteiger partial charge is 0.496 e. The van der Waals surface area contributed by atoms with Crippen molar-refractivity contribution in [2.75, 3.05) is 14.2 Å². The number of rotatable bonds is 5. The van der Waals surface area contributed by atoms with Crippen molar-refractivity contribution in [3.05, 3.63) is 22.2 Å². The molecule has 1 atom stereocenters. The molecule has 2 N–H and O–H groups in total. The summed E-state index contributed by atoms with van der Waals surface area (Å²) in [6, 6.07) is 3.30. The van der Waals surface area contributed by atoms with Crippen LogP contribution in [0.4, 0.5) is 0 Å². The lowest BCUT2D eigenvalue weighted by Crippen LogP contribution is -2.22. The van der Waals surface area contributed by atoms with Crippen LogP contribution >= 0.6 is 15.9 Å². The fourth-order valence-corrected chi connectivity index (χ4v) is 1.86. The van der Waals surface area contributed by atoms with E-state index in [0.29, 0.717) is 21.5 Å². The van der Waals surface area contributed by atoms with E-state index in [1.54, 1.807) is 12.1 Å². The van der Waals surface area contributed by atoms with Crippen LogP contribution in [0, 0.1) is 0 Å². The van der Waals surface area contributed by atoms with Crippen molar-refractivity contribution in [2.24, 2.45) is 0 Å². The first-order valence-corrected chi connectivity index (χ1v) is 5.60. The fraction of sp³-hybridized carbons (Fsp3) is 0.364. The highest BCUT2D eigenvalue weighted by molar-refractivity contribution is 9.10. The lowest BCUT2D eigenvalue weighted by Gasteiger charge is -2.13. The highest BCUT2D eigenvalue weighted by Crippen LogP contribution is 2.33. The molecule has 0 aliphatic heterocycles. The molecule has 0 amide bonds. The normalized spacial score (nSPS) is 12.0. The van der Waals surface area contributed by atoms with Gasteiger partial charge in [0, 0.05) is 12.0 Å². The Hall–Kier alpha value is -1.27. The van der Waals surface area contributed by atoms with Gasteiger partial charge in [0.15, 0.2) is 6.10 Å². The third-order valence-electron chi connectivity index (χ3n) is 2.25. The molecule has 0 bridgehead atoms. The summed E-state index contributed by atoms with van der Waals surface area (Å²) in [5.74, 6) is -0.217. The van der Waals surface area contributed by atoms with Crippen molar-refractivity contribution >= 4 is 21.9 Å². The first kappa shape index (κ1) is 13.8. The lowest BCUT2D eigenvalue weighted by molar-refractivity contribution is -0.146. The van der Waals surface area contributed by atoms with Crippen LogP contribution in [-0.4, -0.2) is 36.5 Å². The van der Waals surface area contributed by atoms with Gasteiger partial charge in [-0.05, 0) is 28.1 Å². The SMILES string of the molecule is COc1cc(CC(O)C(=O)O)c(OC)cc1Br. The number of aliphatic carboxylic acids is 1. The summed E-state index contributed by atoms with van der Waals surface area (Å²) in [5, 5.41) is 18.0. The predicted molar refractivity (Wildman–Crippen MR) is 64.6 cm³/mol. The second-order valence-electron chi connectivity index (χ2n) is 3.36. The molecule has 0 saturated carbocycles. The summed E-state index contributed by atoms with van der Waals surface area (Å²) in [6.07, 6.45) is -1.50. The van der Waals surface area contributed by atoms with Gasteiger partial charge >= 0.3 is 5.97 Å². The number of ether oxygens (including phenoxy) is 2. The summed E-state index contributed by atoms with van der Waals surface area (Å²) in [7, 11) is 2.98. The van der Waals surface area contributed by atoms with Crippen molar-refractivity contribution < 1.29 is 24.5 Å². The van der Waals surface area contributed by atoms with Gasteiger partial charge in [0.1, 0.15) is 11.5 Å². The van der Waals surface area contributed by atoms with Crippen LogP contribution in [0.5, 0.6) is 11.5 Å². The Labute approximate surface area is 107 Å². The summed E-state index contributed by atoms with van der Waals surface area (Å²) < 4.78 is 10.9. The maximum Gasteiger partial charge on any atom is 0.332 e. The molecule has 0 aliphatic carbocycles. The first-order valence-electron chi connectivity index (χ1n) is 4.80. The number of aliphatic hydroxyl groups excluding tert-OH is 1. The Kier molecular flexibility index (Phi) is 4.77. The number of methoxy groups -OCH3 is 2. The Balaban J connectivity index is 3.08. The molecule has 1 aromatic carbocycles. The Bertz CT molecular complexity index is 419. The van der Waals surface area contributed by atoms with E-state index in [0.717, 1.165) is 0 Å². The first-order chi connectivity index (χ1) is 7.99. The number of aliphatic hydroxyl groups is 1. The highest BCUT2D eigenvalue weighted by atomic mass is 79.9. The molecule has 0 radical (unpaired) electrons. The number of hydrogen-bond donors (Lipinski definition) is 2. The zero-order valence-corrected chi connectivity index (χ0v) is 11.0. The molecule has 1 unspecified atom stereocenters. The van der Waals surface area contributed by atoms with Crippen molar-refractivity contribution in [3.63, 3.8) is 0 Å². The monoisotopic (exact) mass is 304 g/mol. The molecular weight excluding hydrogens is 292 g/mol. The highest BCUT2D eigenvalue weighted by Gasteiger charge is 2.18. The third-order valence-corrected chi connectivity index (χ3v) is 2.87. The number of carboxylic acid groups (broad SMARTS) is 1. The van der Waals surface area contributed by atoms with Crippen LogP contribution < -0.4 is 9.47 Å². The van der Waals surface area contributed by atoms with Gasteiger partial charge in [-0.25, -0.2) is 4.79 Å². The third kappa shape index (κ3) is 3.34. The molecule has 0 fully saturated rings. The van der Waals surface area contributed by atoms with E-state index in [-0.39, 0.29) is 6.42 Å². The van der Waals surface area contributed by atoms with Crippen LogP contribution in [0.2, 0.25) is 0 Å². The second kappa shape index (κ2) is 5.88. The van der Waals surface area contributed by atoms with Crippen molar-refractivity contribution in [1.29, 1.82) is 0 Å². The lowest BCUT2D eigenvalue weighted by atomic mass is 10.1. The van der Waals surface area contributed by atoms with E-state index in [9.17, 15) is 9.90 Å². The summed E-state index contributed by atoms with van der Waals surface area (Å²) in [5.41, 5.74) is 0.572. The number of benzene rings is 1. The number of carboxylic acids is 1. The van der Waals surface area contributed by atoms with Crippen LogP contribution in [0.25, 0.3) is 0 Å². The van der Waals surface area contributed by atoms with Gasteiger partial charge in [-0.15, -0.1) is 0 Å². The van der Waals surface area contributed by atoms with Gasteiger partial charge in [0.2, 0.25) is 0 Å². The van der Waals surface area contributed by atoms with Crippen molar-refractivity contribution in [2.45, 2.75) is 12.5 Å². The maximum atomic E-state index is 10.6. The number of hydrogen-bond acceptors (Lipinski definition) is 4.